The lowest BCUT2D eigenvalue weighted by Crippen LogP contribution is -2.38. The predicted molar refractivity (Wildman–Crippen MR) is 64.8 cm³/mol. The van der Waals surface area contributed by atoms with Gasteiger partial charge in [-0.3, -0.25) is 0 Å². The molecule has 1 heterocycles. The molecule has 0 spiro atoms. The number of nitrogens with zero attached hydrogens (tertiary/aromatic N) is 1. The number of hydrogen-bond acceptors (Lipinski definition) is 2. The van der Waals surface area contributed by atoms with Crippen molar-refractivity contribution in [3.63, 3.8) is 0 Å². The molecule has 1 aliphatic carbocycles. The molecule has 2 nitrogen and oxygen atoms in total. The second-order valence-electron chi connectivity index (χ2n) is 5.49. The van der Waals surface area contributed by atoms with Gasteiger partial charge in [-0.15, -0.1) is 0 Å². The molecule has 0 amide bonds. The van der Waals surface area contributed by atoms with Crippen molar-refractivity contribution in [3.05, 3.63) is 0 Å². The molecule has 15 heavy (non-hydrogen) atoms. The van der Waals surface area contributed by atoms with E-state index in [4.69, 9.17) is 5.73 Å². The fourth-order valence-corrected chi connectivity index (χ4v) is 3.68. The van der Waals surface area contributed by atoms with Gasteiger partial charge in [-0.05, 0) is 31.8 Å². The van der Waals surface area contributed by atoms with E-state index in [1.807, 2.05) is 0 Å². The lowest BCUT2D eigenvalue weighted by atomic mass is 9.81. The molecular weight excluding hydrogens is 184 g/mol. The van der Waals surface area contributed by atoms with Gasteiger partial charge in [0.1, 0.15) is 0 Å². The molecule has 88 valence electrons. The maximum absolute atomic E-state index is 5.92. The fourth-order valence-electron chi connectivity index (χ4n) is 3.68. The Kier molecular flexibility index (Phi) is 4.04. The van der Waals surface area contributed by atoms with Crippen LogP contribution >= 0.6 is 0 Å². The van der Waals surface area contributed by atoms with E-state index < -0.39 is 0 Å². The summed E-state index contributed by atoms with van der Waals surface area (Å²) >= 11 is 0. The van der Waals surface area contributed by atoms with Crippen molar-refractivity contribution in [3.8, 4) is 0 Å². The normalized spacial score (nSPS) is 35.6. The first kappa shape index (κ1) is 11.4. The van der Waals surface area contributed by atoms with Gasteiger partial charge in [0.15, 0.2) is 0 Å². The Bertz CT molecular complexity index is 185. The van der Waals surface area contributed by atoms with Gasteiger partial charge < -0.3 is 10.6 Å². The lowest BCUT2D eigenvalue weighted by Gasteiger charge is -2.29. The molecule has 0 aromatic heterocycles. The van der Waals surface area contributed by atoms with Crippen LogP contribution < -0.4 is 5.73 Å². The monoisotopic (exact) mass is 210 g/mol. The summed E-state index contributed by atoms with van der Waals surface area (Å²) in [5.41, 5.74) is 5.92. The van der Waals surface area contributed by atoms with Gasteiger partial charge in [0.2, 0.25) is 0 Å². The molecule has 2 rings (SSSR count). The fraction of sp³-hybridized carbons (Fsp3) is 1.00. The van der Waals surface area contributed by atoms with Crippen LogP contribution in [-0.4, -0.2) is 31.1 Å². The molecule has 0 aromatic carbocycles. The summed E-state index contributed by atoms with van der Waals surface area (Å²) < 4.78 is 0. The van der Waals surface area contributed by atoms with Crippen molar-refractivity contribution >= 4 is 0 Å². The first-order valence-electron chi connectivity index (χ1n) is 6.73. The van der Waals surface area contributed by atoms with Gasteiger partial charge in [-0.2, -0.15) is 0 Å². The van der Waals surface area contributed by atoms with Crippen molar-refractivity contribution in [1.82, 2.24) is 4.90 Å². The first-order valence-corrected chi connectivity index (χ1v) is 6.73. The zero-order valence-corrected chi connectivity index (χ0v) is 10.1. The molecule has 2 aliphatic rings. The Morgan fingerprint density at radius 1 is 1.07 bits per heavy atom. The third-order valence-electron chi connectivity index (χ3n) is 4.62. The van der Waals surface area contributed by atoms with Crippen molar-refractivity contribution in [2.75, 3.05) is 20.1 Å². The number of hydrogen-bond donors (Lipinski definition) is 1. The van der Waals surface area contributed by atoms with Crippen LogP contribution in [0.1, 0.15) is 44.9 Å². The van der Waals surface area contributed by atoms with Crippen LogP contribution in [0.3, 0.4) is 0 Å². The van der Waals surface area contributed by atoms with Crippen LogP contribution in [0.15, 0.2) is 0 Å². The molecule has 2 atom stereocenters. The Balaban J connectivity index is 1.95. The average Bonchev–Trinajstić information content (AvgIpc) is 2.48. The van der Waals surface area contributed by atoms with Crippen molar-refractivity contribution < 1.29 is 0 Å². The van der Waals surface area contributed by atoms with Crippen LogP contribution in [0.25, 0.3) is 0 Å². The molecule has 0 radical (unpaired) electrons. The third-order valence-corrected chi connectivity index (χ3v) is 4.62. The summed E-state index contributed by atoms with van der Waals surface area (Å²) in [5.74, 6) is 1.88. The molecule has 2 heteroatoms. The Morgan fingerprint density at radius 2 is 1.73 bits per heavy atom. The zero-order chi connectivity index (χ0) is 10.7. The maximum atomic E-state index is 5.92. The van der Waals surface area contributed by atoms with E-state index in [1.54, 1.807) is 0 Å². The average molecular weight is 210 g/mol. The van der Waals surface area contributed by atoms with Crippen molar-refractivity contribution in [2.45, 2.75) is 51.0 Å². The lowest BCUT2D eigenvalue weighted by molar-refractivity contribution is 0.211. The summed E-state index contributed by atoms with van der Waals surface area (Å²) in [7, 11) is 2.24. The molecule has 1 aliphatic heterocycles. The van der Waals surface area contributed by atoms with E-state index in [1.165, 1.54) is 51.5 Å². The molecule has 1 saturated carbocycles. The van der Waals surface area contributed by atoms with Crippen molar-refractivity contribution in [1.29, 1.82) is 0 Å². The van der Waals surface area contributed by atoms with Gasteiger partial charge in [-0.25, -0.2) is 0 Å². The zero-order valence-electron chi connectivity index (χ0n) is 10.1. The van der Waals surface area contributed by atoms with E-state index in [-0.39, 0.29) is 0 Å². The van der Waals surface area contributed by atoms with E-state index in [2.05, 4.69) is 11.9 Å². The Morgan fingerprint density at radius 3 is 2.33 bits per heavy atom. The highest BCUT2D eigenvalue weighted by Crippen LogP contribution is 2.37. The van der Waals surface area contributed by atoms with Gasteiger partial charge in [0.05, 0.1) is 0 Å². The third kappa shape index (κ3) is 2.54. The standard InChI is InChI=1S/C13H26N2/c1-15-9-8-12(13(15)10-14)11-6-4-2-3-5-7-11/h11-13H,2-10,14H2,1H3. The minimum absolute atomic E-state index is 0.674. The second kappa shape index (κ2) is 5.31. The van der Waals surface area contributed by atoms with Gasteiger partial charge in [0, 0.05) is 12.6 Å². The molecule has 1 saturated heterocycles. The maximum Gasteiger partial charge on any atom is 0.0246 e. The highest BCUT2D eigenvalue weighted by atomic mass is 15.2. The second-order valence-corrected chi connectivity index (χ2v) is 5.49. The summed E-state index contributed by atoms with van der Waals surface area (Å²) in [6.07, 6.45) is 10.2. The molecular formula is C13H26N2. The summed E-state index contributed by atoms with van der Waals surface area (Å²) in [6, 6.07) is 0.674. The molecule has 2 unspecified atom stereocenters. The summed E-state index contributed by atoms with van der Waals surface area (Å²) in [4.78, 5) is 2.48. The highest BCUT2D eigenvalue weighted by molar-refractivity contribution is 4.90. The summed E-state index contributed by atoms with van der Waals surface area (Å²) in [5, 5.41) is 0. The Hall–Kier alpha value is -0.0800. The van der Waals surface area contributed by atoms with Crippen LogP contribution in [0.2, 0.25) is 0 Å². The molecule has 2 N–H and O–H groups in total. The quantitative estimate of drug-likeness (QED) is 0.708. The first-order chi connectivity index (χ1) is 7.33. The SMILES string of the molecule is CN1CCC(C2CCCCCC2)C1CN. The molecule has 2 fully saturated rings. The van der Waals surface area contributed by atoms with E-state index in [0.29, 0.717) is 6.04 Å². The van der Waals surface area contributed by atoms with E-state index in [0.717, 1.165) is 18.4 Å². The highest BCUT2D eigenvalue weighted by Gasteiger charge is 2.35. The van der Waals surface area contributed by atoms with Crippen LogP contribution in [0.5, 0.6) is 0 Å². The minimum Gasteiger partial charge on any atom is -0.329 e. The van der Waals surface area contributed by atoms with Crippen LogP contribution in [0, 0.1) is 11.8 Å². The topological polar surface area (TPSA) is 29.3 Å². The van der Waals surface area contributed by atoms with E-state index >= 15 is 0 Å². The summed E-state index contributed by atoms with van der Waals surface area (Å²) in [6.45, 7) is 2.13. The van der Waals surface area contributed by atoms with Crippen LogP contribution in [0.4, 0.5) is 0 Å². The molecule has 0 bridgehead atoms. The number of rotatable bonds is 2. The predicted octanol–water partition coefficient (Wildman–Crippen LogP) is 2.24. The largest absolute Gasteiger partial charge is 0.329 e. The number of likely N-dealkylation sites (N-methyl/N-ethyl adjacent to an activating group) is 1. The van der Waals surface area contributed by atoms with Crippen molar-refractivity contribution in [2.24, 2.45) is 17.6 Å². The number of nitrogens with two attached hydrogens (primary N) is 1. The number of likely N-dealkylation sites (tertiary alicyclic amines) is 1. The molecule has 0 aromatic rings. The van der Waals surface area contributed by atoms with Crippen LogP contribution in [-0.2, 0) is 0 Å². The van der Waals surface area contributed by atoms with Gasteiger partial charge >= 0.3 is 0 Å². The van der Waals surface area contributed by atoms with E-state index in [9.17, 15) is 0 Å². The Labute approximate surface area is 94.2 Å². The smallest absolute Gasteiger partial charge is 0.0246 e. The minimum atomic E-state index is 0.674. The van der Waals surface area contributed by atoms with Gasteiger partial charge in [0.25, 0.3) is 0 Å². The van der Waals surface area contributed by atoms with Gasteiger partial charge in [-0.1, -0.05) is 38.5 Å².